The smallest absolute Gasteiger partial charge is 0.252 e. The van der Waals surface area contributed by atoms with Crippen LogP contribution in [0.25, 0.3) is 0 Å². The molecule has 0 bridgehead atoms. The third-order valence-corrected chi connectivity index (χ3v) is 3.14. The van der Waals surface area contributed by atoms with E-state index in [0.717, 1.165) is 22.3 Å². The maximum Gasteiger partial charge on any atom is 0.252 e. The molecule has 0 aliphatic carbocycles. The van der Waals surface area contributed by atoms with Crippen molar-refractivity contribution < 1.29 is 4.79 Å². The van der Waals surface area contributed by atoms with E-state index in [1.165, 1.54) is 0 Å². The minimum atomic E-state index is -0.0998. The van der Waals surface area contributed by atoms with Crippen LogP contribution in [0.15, 0.2) is 47.2 Å². The van der Waals surface area contributed by atoms with Crippen LogP contribution < -0.4 is 10.6 Å². The van der Waals surface area contributed by atoms with Gasteiger partial charge in [-0.2, -0.15) is 0 Å². The molecule has 2 aromatic rings. The van der Waals surface area contributed by atoms with Crippen LogP contribution in [0, 0.1) is 0 Å². The highest BCUT2D eigenvalue weighted by Gasteiger charge is 2.06. The van der Waals surface area contributed by atoms with Crippen molar-refractivity contribution in [1.29, 1.82) is 0 Å². The van der Waals surface area contributed by atoms with Gasteiger partial charge in [0.2, 0.25) is 0 Å². The molecular weight excluding hydrogens is 318 g/mol. The third kappa shape index (κ3) is 4.06. The maximum atomic E-state index is 11.9. The number of carbonyl (C=O) groups excluding carboxylic acids is 1. The molecule has 2 rings (SSSR count). The highest BCUT2D eigenvalue weighted by Crippen LogP contribution is 2.20. The van der Waals surface area contributed by atoms with Crippen molar-refractivity contribution >= 4 is 33.2 Å². The molecule has 0 atom stereocenters. The van der Waals surface area contributed by atoms with Crippen LogP contribution in [-0.4, -0.2) is 17.4 Å². The van der Waals surface area contributed by atoms with E-state index in [2.05, 4.69) is 31.5 Å². The number of hydrogen-bond acceptors (Lipinski definition) is 3. The normalized spacial score (nSPS) is 10.1. The topological polar surface area (TPSA) is 54.0 Å². The second-order valence-electron chi connectivity index (χ2n) is 4.35. The summed E-state index contributed by atoms with van der Waals surface area (Å²) < 4.78 is 0.993. The van der Waals surface area contributed by atoms with Crippen LogP contribution in [0.4, 0.5) is 11.4 Å². The van der Waals surface area contributed by atoms with Crippen LogP contribution in [0.2, 0.25) is 0 Å². The van der Waals surface area contributed by atoms with Crippen molar-refractivity contribution in [3.8, 4) is 0 Å². The molecule has 5 heteroatoms. The van der Waals surface area contributed by atoms with Gasteiger partial charge in [-0.25, -0.2) is 0 Å². The molecule has 104 valence electrons. The lowest BCUT2D eigenvalue weighted by molar-refractivity contribution is 0.0953. The first-order valence-electron chi connectivity index (χ1n) is 6.45. The van der Waals surface area contributed by atoms with Gasteiger partial charge in [-0.05, 0) is 30.7 Å². The highest BCUT2D eigenvalue weighted by molar-refractivity contribution is 9.10. The largest absolute Gasteiger partial charge is 0.354 e. The van der Waals surface area contributed by atoms with Crippen LogP contribution in [0.5, 0.6) is 0 Å². The summed E-state index contributed by atoms with van der Waals surface area (Å²) in [7, 11) is 0. The van der Waals surface area contributed by atoms with Gasteiger partial charge >= 0.3 is 0 Å². The summed E-state index contributed by atoms with van der Waals surface area (Å²) in [6.07, 6.45) is 4.17. The minimum absolute atomic E-state index is 0.0998. The molecule has 0 radical (unpaired) electrons. The lowest BCUT2D eigenvalue weighted by Crippen LogP contribution is -2.24. The van der Waals surface area contributed by atoms with Crippen LogP contribution in [0.3, 0.4) is 0 Å². The molecule has 0 unspecified atom stereocenters. The lowest BCUT2D eigenvalue weighted by Gasteiger charge is -2.08. The van der Waals surface area contributed by atoms with Gasteiger partial charge in [-0.1, -0.05) is 28.9 Å². The Morgan fingerprint density at radius 1 is 1.25 bits per heavy atom. The zero-order chi connectivity index (χ0) is 14.4. The molecule has 0 spiro atoms. The molecule has 0 fully saturated rings. The molecule has 1 aromatic heterocycles. The van der Waals surface area contributed by atoms with E-state index in [1.807, 2.05) is 31.2 Å². The van der Waals surface area contributed by atoms with Gasteiger partial charge in [0, 0.05) is 22.9 Å². The van der Waals surface area contributed by atoms with Crippen molar-refractivity contribution in [2.45, 2.75) is 13.3 Å². The van der Waals surface area contributed by atoms with Crippen molar-refractivity contribution in [2.75, 3.05) is 11.9 Å². The molecule has 0 saturated heterocycles. The predicted octanol–water partition coefficient (Wildman–Crippen LogP) is 3.73. The van der Waals surface area contributed by atoms with Gasteiger partial charge in [0.15, 0.2) is 0 Å². The Hall–Kier alpha value is -1.88. The number of nitrogens with zero attached hydrogens (tertiary/aromatic N) is 1. The quantitative estimate of drug-likeness (QED) is 0.876. The Morgan fingerprint density at radius 2 is 2.10 bits per heavy atom. The minimum Gasteiger partial charge on any atom is -0.354 e. The molecule has 4 nitrogen and oxygen atoms in total. The fourth-order valence-corrected chi connectivity index (χ4v) is 2.11. The van der Waals surface area contributed by atoms with Gasteiger partial charge in [0.1, 0.15) is 0 Å². The van der Waals surface area contributed by atoms with Crippen molar-refractivity contribution in [2.24, 2.45) is 0 Å². The fourth-order valence-electron chi connectivity index (χ4n) is 1.71. The van der Waals surface area contributed by atoms with Crippen LogP contribution >= 0.6 is 15.9 Å². The van der Waals surface area contributed by atoms with E-state index in [0.29, 0.717) is 12.1 Å². The molecule has 0 saturated carbocycles. The first kappa shape index (κ1) is 14.5. The molecule has 2 N–H and O–H groups in total. The summed E-state index contributed by atoms with van der Waals surface area (Å²) in [4.78, 5) is 16.0. The van der Waals surface area contributed by atoms with Crippen LogP contribution in [0.1, 0.15) is 23.7 Å². The molecular formula is C15H16BrN3O. The molecule has 1 amide bonds. The van der Waals surface area contributed by atoms with Crippen molar-refractivity contribution in [3.63, 3.8) is 0 Å². The number of rotatable bonds is 5. The summed E-state index contributed by atoms with van der Waals surface area (Å²) >= 11 is 3.42. The molecule has 1 aromatic carbocycles. The Kier molecular flexibility index (Phi) is 5.12. The highest BCUT2D eigenvalue weighted by atomic mass is 79.9. The summed E-state index contributed by atoms with van der Waals surface area (Å²) in [5, 5.41) is 6.06. The van der Waals surface area contributed by atoms with Gasteiger partial charge < -0.3 is 10.6 Å². The van der Waals surface area contributed by atoms with E-state index in [4.69, 9.17) is 0 Å². The predicted molar refractivity (Wildman–Crippen MR) is 84.3 cm³/mol. The van der Waals surface area contributed by atoms with E-state index >= 15 is 0 Å². The number of nitrogens with one attached hydrogen (secondary N) is 2. The van der Waals surface area contributed by atoms with E-state index < -0.39 is 0 Å². The Bertz CT molecular complexity index is 601. The first-order chi connectivity index (χ1) is 9.69. The number of halogens is 1. The number of benzene rings is 1. The second-order valence-corrected chi connectivity index (χ2v) is 5.27. The van der Waals surface area contributed by atoms with Gasteiger partial charge in [0.25, 0.3) is 5.91 Å². The van der Waals surface area contributed by atoms with Gasteiger partial charge in [-0.15, -0.1) is 0 Å². The monoisotopic (exact) mass is 333 g/mol. The zero-order valence-electron chi connectivity index (χ0n) is 11.2. The average Bonchev–Trinajstić information content (AvgIpc) is 2.45. The number of anilines is 2. The van der Waals surface area contributed by atoms with E-state index in [-0.39, 0.29) is 5.91 Å². The number of carbonyl (C=O) groups is 1. The molecule has 20 heavy (non-hydrogen) atoms. The molecule has 0 aliphatic rings. The average molecular weight is 334 g/mol. The van der Waals surface area contributed by atoms with Crippen molar-refractivity contribution in [3.05, 3.63) is 52.8 Å². The maximum absolute atomic E-state index is 11.9. The number of amides is 1. The Morgan fingerprint density at radius 3 is 2.85 bits per heavy atom. The van der Waals surface area contributed by atoms with E-state index in [1.54, 1.807) is 18.5 Å². The van der Waals surface area contributed by atoms with Gasteiger partial charge in [-0.3, -0.25) is 9.78 Å². The second kappa shape index (κ2) is 7.05. The Balaban J connectivity index is 2.11. The molecule has 0 aliphatic heterocycles. The summed E-state index contributed by atoms with van der Waals surface area (Å²) in [6.45, 7) is 2.69. The summed E-state index contributed by atoms with van der Waals surface area (Å²) in [5.74, 6) is -0.0998. The molecule has 1 heterocycles. The number of pyridine rings is 1. The van der Waals surface area contributed by atoms with E-state index in [9.17, 15) is 4.79 Å². The third-order valence-electron chi connectivity index (χ3n) is 2.65. The van der Waals surface area contributed by atoms with Crippen molar-refractivity contribution in [1.82, 2.24) is 10.3 Å². The summed E-state index contributed by atoms with van der Waals surface area (Å²) in [6, 6.07) is 9.60. The Labute approximate surface area is 126 Å². The first-order valence-corrected chi connectivity index (χ1v) is 7.24. The SMILES string of the molecule is CCCNC(=O)c1cncc(Nc2cccc(Br)c2)c1. The lowest BCUT2D eigenvalue weighted by atomic mass is 10.2. The number of aromatic nitrogens is 1. The van der Waals surface area contributed by atoms with Crippen LogP contribution in [-0.2, 0) is 0 Å². The van der Waals surface area contributed by atoms with Gasteiger partial charge in [0.05, 0.1) is 17.4 Å². The standard InChI is InChI=1S/C15H16BrN3O/c1-2-6-18-15(20)11-7-14(10-17-9-11)19-13-5-3-4-12(16)8-13/h3-5,7-10,19H,2,6H2,1H3,(H,18,20). The zero-order valence-corrected chi connectivity index (χ0v) is 12.8. The number of hydrogen-bond donors (Lipinski definition) is 2. The fraction of sp³-hybridized carbons (Fsp3) is 0.200. The summed E-state index contributed by atoms with van der Waals surface area (Å²) in [5.41, 5.74) is 2.28.